The number of unbranched alkanes of at least 4 members (excludes halogenated alkanes) is 9. The highest BCUT2D eigenvalue weighted by molar-refractivity contribution is 6.23. The lowest BCUT2D eigenvalue weighted by Crippen LogP contribution is -2.29. The Kier molecular flexibility index (Phi) is 9.69. The quantitative estimate of drug-likeness (QED) is 0.117. The fraction of sp³-hybridized carbons (Fsp3) is 0.438. The molecule has 7 nitrogen and oxygen atoms in total. The lowest BCUT2D eigenvalue weighted by atomic mass is 9.80. The van der Waals surface area contributed by atoms with E-state index in [1.807, 2.05) is 25.1 Å². The highest BCUT2D eigenvalue weighted by atomic mass is 16.6. The van der Waals surface area contributed by atoms with Gasteiger partial charge in [0, 0.05) is 40.4 Å². The van der Waals surface area contributed by atoms with Gasteiger partial charge in [0.25, 0.3) is 5.69 Å². The maximum absolute atomic E-state index is 13.5. The van der Waals surface area contributed by atoms with Gasteiger partial charge in [0.2, 0.25) is 0 Å². The Labute approximate surface area is 230 Å². The average Bonchev–Trinajstić information content (AvgIpc) is 3.22. The number of ketones is 1. The Morgan fingerprint density at radius 1 is 0.897 bits per heavy atom. The number of nitro benzene ring substituents is 1. The van der Waals surface area contributed by atoms with E-state index in [0.717, 1.165) is 24.8 Å². The molecule has 1 N–H and O–H groups in total. The number of carbonyl (C=O) groups excluding carboxylic acids is 2. The van der Waals surface area contributed by atoms with E-state index in [-0.39, 0.29) is 11.5 Å². The number of hydrogen-bond acceptors (Lipinski definition) is 6. The van der Waals surface area contributed by atoms with Crippen LogP contribution in [0.4, 0.5) is 5.69 Å². The number of nitrogens with zero attached hydrogens (tertiary/aromatic N) is 1. The van der Waals surface area contributed by atoms with Crippen molar-refractivity contribution < 1.29 is 19.2 Å². The van der Waals surface area contributed by atoms with Crippen molar-refractivity contribution in [3.05, 3.63) is 92.2 Å². The monoisotopic (exact) mass is 530 g/mol. The third-order valence-corrected chi connectivity index (χ3v) is 7.64. The lowest BCUT2D eigenvalue weighted by molar-refractivity contribution is -0.384. The smallest absolute Gasteiger partial charge is 0.336 e. The normalized spacial score (nSPS) is 16.2. The van der Waals surface area contributed by atoms with Crippen LogP contribution < -0.4 is 5.32 Å². The Morgan fingerprint density at radius 2 is 1.49 bits per heavy atom. The molecule has 1 heterocycles. The van der Waals surface area contributed by atoms with Gasteiger partial charge in [0.05, 0.1) is 22.8 Å². The maximum atomic E-state index is 13.5. The standard InChI is InChI=1S/C32H38N2O5/c1-3-4-5-6-7-8-9-10-11-14-21-39-32(36)27-22(2)33-30-25-15-12-13-16-26(25)31(35)29(30)28(27)23-17-19-24(20-18-23)34(37)38/h12-13,15-20,28,33H,3-11,14,21H2,1-2H3. The molecule has 0 radical (unpaired) electrons. The van der Waals surface area contributed by atoms with E-state index in [4.69, 9.17) is 4.74 Å². The number of hydrogen-bond donors (Lipinski definition) is 1. The first-order valence-electron chi connectivity index (χ1n) is 14.2. The predicted octanol–water partition coefficient (Wildman–Crippen LogP) is 7.63. The van der Waals surface area contributed by atoms with Gasteiger partial charge in [-0.05, 0) is 18.9 Å². The molecule has 0 aromatic heterocycles. The third kappa shape index (κ3) is 6.47. The third-order valence-electron chi connectivity index (χ3n) is 7.64. The topological polar surface area (TPSA) is 98.5 Å². The van der Waals surface area contributed by atoms with Gasteiger partial charge in [0.1, 0.15) is 0 Å². The molecule has 1 aliphatic heterocycles. The molecular weight excluding hydrogens is 492 g/mol. The number of carbonyl (C=O) groups is 2. The summed E-state index contributed by atoms with van der Waals surface area (Å²) in [7, 11) is 0. The van der Waals surface area contributed by atoms with Crippen LogP contribution in [-0.2, 0) is 9.53 Å². The van der Waals surface area contributed by atoms with Crippen LogP contribution in [0.2, 0.25) is 0 Å². The van der Waals surface area contributed by atoms with Crippen LogP contribution in [-0.4, -0.2) is 23.3 Å². The molecule has 0 bridgehead atoms. The van der Waals surface area contributed by atoms with E-state index >= 15 is 0 Å². The molecule has 1 aliphatic carbocycles. The molecule has 0 saturated carbocycles. The maximum Gasteiger partial charge on any atom is 0.336 e. The van der Waals surface area contributed by atoms with Crippen LogP contribution in [0.15, 0.2) is 65.4 Å². The van der Waals surface area contributed by atoms with Crippen LogP contribution in [0.25, 0.3) is 5.70 Å². The predicted molar refractivity (Wildman–Crippen MR) is 152 cm³/mol. The SMILES string of the molecule is CCCCCCCCCCCCOC(=O)C1=C(C)NC2=C(C(=O)c3ccccc32)C1c1ccc([N+](=O)[O-])cc1. The van der Waals surface area contributed by atoms with E-state index in [2.05, 4.69) is 12.2 Å². The van der Waals surface area contributed by atoms with Crippen molar-refractivity contribution in [1.29, 1.82) is 0 Å². The minimum Gasteiger partial charge on any atom is -0.462 e. The van der Waals surface area contributed by atoms with Gasteiger partial charge in [-0.1, -0.05) is 101 Å². The number of rotatable bonds is 14. The summed E-state index contributed by atoms with van der Waals surface area (Å²) in [4.78, 5) is 37.7. The molecule has 39 heavy (non-hydrogen) atoms. The molecule has 0 amide bonds. The molecule has 2 aromatic rings. The molecule has 0 spiro atoms. The van der Waals surface area contributed by atoms with Gasteiger partial charge in [-0.3, -0.25) is 14.9 Å². The highest BCUT2D eigenvalue weighted by Gasteiger charge is 2.43. The van der Waals surface area contributed by atoms with E-state index < -0.39 is 16.8 Å². The molecule has 0 fully saturated rings. The highest BCUT2D eigenvalue weighted by Crippen LogP contribution is 2.46. The molecular formula is C32H38N2O5. The van der Waals surface area contributed by atoms with Crippen molar-refractivity contribution in [3.63, 3.8) is 0 Å². The second kappa shape index (κ2) is 13.4. The number of ether oxygens (including phenoxy) is 1. The molecule has 2 aromatic carbocycles. The first-order valence-corrected chi connectivity index (χ1v) is 14.2. The molecule has 7 heteroatoms. The number of nitro groups is 1. The number of allylic oxidation sites excluding steroid dienone is 2. The number of dihydropyridines is 1. The van der Waals surface area contributed by atoms with Gasteiger partial charge in [-0.15, -0.1) is 0 Å². The van der Waals surface area contributed by atoms with E-state index in [9.17, 15) is 19.7 Å². The molecule has 4 rings (SSSR count). The zero-order valence-electron chi connectivity index (χ0n) is 23.0. The minimum atomic E-state index is -0.679. The zero-order valence-corrected chi connectivity index (χ0v) is 23.0. The van der Waals surface area contributed by atoms with Crippen molar-refractivity contribution in [2.24, 2.45) is 0 Å². The molecule has 2 aliphatic rings. The minimum absolute atomic E-state index is 0.0475. The Morgan fingerprint density at radius 3 is 2.10 bits per heavy atom. The van der Waals surface area contributed by atoms with E-state index in [1.165, 1.54) is 57.1 Å². The van der Waals surface area contributed by atoms with Gasteiger partial charge < -0.3 is 10.1 Å². The van der Waals surface area contributed by atoms with Crippen molar-refractivity contribution in [2.45, 2.75) is 84.0 Å². The largest absolute Gasteiger partial charge is 0.462 e. The first kappa shape index (κ1) is 28.3. The van der Waals surface area contributed by atoms with Crippen molar-refractivity contribution in [3.8, 4) is 0 Å². The Balaban J connectivity index is 1.44. The number of fused-ring (bicyclic) bond motifs is 2. The number of Topliss-reactive ketones (excluding diaryl/α,β-unsaturated/α-hetero) is 1. The van der Waals surface area contributed by atoms with Crippen molar-refractivity contribution in [1.82, 2.24) is 5.32 Å². The summed E-state index contributed by atoms with van der Waals surface area (Å²) in [6, 6.07) is 13.4. The Bertz CT molecular complexity index is 1280. The van der Waals surface area contributed by atoms with Crippen LogP contribution in [0.3, 0.4) is 0 Å². The second-order valence-corrected chi connectivity index (χ2v) is 10.4. The fourth-order valence-corrected chi connectivity index (χ4v) is 5.55. The molecule has 1 unspecified atom stereocenters. The number of nitrogens with one attached hydrogen (secondary N) is 1. The molecule has 1 atom stereocenters. The Hall–Kier alpha value is -3.74. The van der Waals surface area contributed by atoms with E-state index in [0.29, 0.717) is 40.3 Å². The summed E-state index contributed by atoms with van der Waals surface area (Å²) in [5.74, 6) is -1.29. The zero-order chi connectivity index (χ0) is 27.8. The van der Waals surface area contributed by atoms with Crippen LogP contribution in [0.1, 0.15) is 105 Å². The van der Waals surface area contributed by atoms with Gasteiger partial charge in [-0.25, -0.2) is 4.79 Å². The average molecular weight is 531 g/mol. The lowest BCUT2D eigenvalue weighted by Gasteiger charge is -2.29. The van der Waals surface area contributed by atoms with Crippen LogP contribution in [0, 0.1) is 10.1 Å². The summed E-state index contributed by atoms with van der Waals surface area (Å²) in [5.41, 5.74) is 4.11. The summed E-state index contributed by atoms with van der Waals surface area (Å²) >= 11 is 0. The molecule has 0 saturated heterocycles. The summed E-state index contributed by atoms with van der Waals surface area (Å²) in [6.07, 6.45) is 11.9. The summed E-state index contributed by atoms with van der Waals surface area (Å²) in [6.45, 7) is 4.36. The van der Waals surface area contributed by atoms with Gasteiger partial charge in [0.15, 0.2) is 5.78 Å². The number of esters is 1. The first-order chi connectivity index (χ1) is 18.9. The second-order valence-electron chi connectivity index (χ2n) is 10.4. The fourth-order valence-electron chi connectivity index (χ4n) is 5.55. The number of benzene rings is 2. The van der Waals surface area contributed by atoms with Gasteiger partial charge in [-0.2, -0.15) is 0 Å². The van der Waals surface area contributed by atoms with Crippen LogP contribution in [0.5, 0.6) is 0 Å². The van der Waals surface area contributed by atoms with Gasteiger partial charge >= 0.3 is 5.97 Å². The number of non-ortho nitro benzene ring substituents is 1. The molecule has 206 valence electrons. The van der Waals surface area contributed by atoms with E-state index in [1.54, 1.807) is 18.2 Å². The van der Waals surface area contributed by atoms with Crippen molar-refractivity contribution >= 4 is 23.1 Å². The van der Waals surface area contributed by atoms with Crippen LogP contribution >= 0.6 is 0 Å². The summed E-state index contributed by atoms with van der Waals surface area (Å²) in [5, 5.41) is 14.5. The summed E-state index contributed by atoms with van der Waals surface area (Å²) < 4.78 is 5.72. The van der Waals surface area contributed by atoms with Crippen molar-refractivity contribution in [2.75, 3.05) is 6.61 Å².